The van der Waals surface area contributed by atoms with Crippen LogP contribution in [0.5, 0.6) is 0 Å². The third kappa shape index (κ3) is 6.25. The molecule has 4 N–H and O–H groups in total. The van der Waals surface area contributed by atoms with E-state index in [9.17, 15) is 15.0 Å². The van der Waals surface area contributed by atoms with Crippen molar-refractivity contribution in [1.82, 2.24) is 5.48 Å². The zero-order valence-corrected chi connectivity index (χ0v) is 16.0. The predicted octanol–water partition coefficient (Wildman–Crippen LogP) is 3.14. The Morgan fingerprint density at radius 3 is 2.73 bits per heavy atom. The number of aliphatic hydroxyl groups is 2. The fourth-order valence-corrected chi connectivity index (χ4v) is 4.09. The summed E-state index contributed by atoms with van der Waals surface area (Å²) in [6, 6.07) is 0. The molecule has 0 radical (unpaired) electrons. The number of carbonyl (C=O) groups is 1. The Morgan fingerprint density at radius 1 is 1.23 bits per heavy atom. The van der Waals surface area contributed by atoms with Crippen LogP contribution in [0.4, 0.5) is 0 Å². The molecule has 26 heavy (non-hydrogen) atoms. The maximum absolute atomic E-state index is 10.5. The summed E-state index contributed by atoms with van der Waals surface area (Å²) in [6.07, 6.45) is 9.52. The monoisotopic (exact) mass is 369 g/mol. The normalized spacial score (nSPS) is 25.7. The van der Waals surface area contributed by atoms with Crippen molar-refractivity contribution in [3.63, 3.8) is 0 Å². The lowest BCUT2D eigenvalue weighted by Crippen LogP contribution is -2.32. The lowest BCUT2D eigenvalue weighted by Gasteiger charge is -2.30. The van der Waals surface area contributed by atoms with Crippen molar-refractivity contribution in [3.8, 4) is 0 Å². The van der Waals surface area contributed by atoms with E-state index in [0.717, 1.165) is 44.2 Å². The summed E-state index contributed by atoms with van der Waals surface area (Å²) in [5.74, 6) is -0.462. The first-order valence-corrected chi connectivity index (χ1v) is 10.2. The van der Waals surface area contributed by atoms with E-state index in [2.05, 4.69) is 12.4 Å². The minimum Gasteiger partial charge on any atom is -0.481 e. The number of unbranched alkanes of at least 4 members (excludes halogenated alkanes) is 4. The largest absolute Gasteiger partial charge is 0.481 e. The molecule has 0 aromatic heterocycles. The Balaban J connectivity index is 1.63. The van der Waals surface area contributed by atoms with Crippen LogP contribution in [0.15, 0.2) is 11.3 Å². The molecule has 4 atom stereocenters. The van der Waals surface area contributed by atoms with Crippen LogP contribution < -0.4 is 5.48 Å². The molecule has 0 aromatic rings. The Hall–Kier alpha value is -1.11. The maximum Gasteiger partial charge on any atom is 0.305 e. The number of hydrogen-bond acceptors (Lipinski definition) is 5. The summed E-state index contributed by atoms with van der Waals surface area (Å²) < 4.78 is 0. The minimum atomic E-state index is -0.879. The summed E-state index contributed by atoms with van der Waals surface area (Å²) in [4.78, 5) is 15.6. The Labute approximate surface area is 156 Å². The second-order valence-corrected chi connectivity index (χ2v) is 7.80. The highest BCUT2D eigenvalue weighted by molar-refractivity contribution is 5.66. The number of hydroxylamine groups is 1. The molecule has 0 aromatic carbocycles. The SMILES string of the molecule is CCCCCCCC(O)CCC1CC2=C(NOCCC(=O)O)CC2C1O. The first kappa shape index (κ1) is 21.2. The lowest BCUT2D eigenvalue weighted by molar-refractivity contribution is -0.138. The molecule has 0 bridgehead atoms. The highest BCUT2D eigenvalue weighted by atomic mass is 16.6. The first-order chi connectivity index (χ1) is 12.5. The summed E-state index contributed by atoms with van der Waals surface area (Å²) in [7, 11) is 0. The summed E-state index contributed by atoms with van der Waals surface area (Å²) in [5, 5.41) is 29.2. The molecule has 2 rings (SSSR count). The molecule has 0 heterocycles. The Kier molecular flexibility index (Phi) is 8.88. The van der Waals surface area contributed by atoms with Gasteiger partial charge in [-0.25, -0.2) is 0 Å². The van der Waals surface area contributed by atoms with Gasteiger partial charge in [-0.15, -0.1) is 0 Å². The van der Waals surface area contributed by atoms with E-state index >= 15 is 0 Å². The molecule has 2 aliphatic rings. The van der Waals surface area contributed by atoms with Crippen LogP contribution in [0.2, 0.25) is 0 Å². The predicted molar refractivity (Wildman–Crippen MR) is 99.2 cm³/mol. The number of carboxylic acid groups (broad SMARTS) is 1. The molecule has 1 saturated carbocycles. The van der Waals surface area contributed by atoms with Crippen molar-refractivity contribution in [2.24, 2.45) is 11.8 Å². The highest BCUT2D eigenvalue weighted by Gasteiger charge is 2.45. The van der Waals surface area contributed by atoms with Gasteiger partial charge in [0.1, 0.15) is 0 Å². The summed E-state index contributed by atoms with van der Waals surface area (Å²) in [5.41, 5.74) is 5.07. The number of rotatable bonds is 14. The lowest BCUT2D eigenvalue weighted by atomic mass is 9.83. The average molecular weight is 370 g/mol. The van der Waals surface area contributed by atoms with Gasteiger partial charge >= 0.3 is 5.97 Å². The van der Waals surface area contributed by atoms with Crippen LogP contribution in [-0.2, 0) is 9.63 Å². The van der Waals surface area contributed by atoms with Crippen LogP contribution >= 0.6 is 0 Å². The Morgan fingerprint density at radius 2 is 2.00 bits per heavy atom. The van der Waals surface area contributed by atoms with E-state index in [1.54, 1.807) is 0 Å². The number of hydrogen-bond donors (Lipinski definition) is 4. The van der Waals surface area contributed by atoms with Crippen molar-refractivity contribution >= 4 is 5.97 Å². The molecule has 1 fully saturated rings. The summed E-state index contributed by atoms with van der Waals surface area (Å²) in [6.45, 7) is 2.33. The first-order valence-electron chi connectivity index (χ1n) is 10.2. The van der Waals surface area contributed by atoms with Gasteiger partial charge in [0.15, 0.2) is 0 Å². The highest BCUT2D eigenvalue weighted by Crippen LogP contribution is 2.49. The van der Waals surface area contributed by atoms with E-state index < -0.39 is 5.97 Å². The fourth-order valence-electron chi connectivity index (χ4n) is 4.09. The van der Waals surface area contributed by atoms with Crippen LogP contribution in [0.1, 0.15) is 77.6 Å². The van der Waals surface area contributed by atoms with Crippen molar-refractivity contribution in [2.45, 2.75) is 89.8 Å². The second-order valence-electron chi connectivity index (χ2n) is 7.80. The van der Waals surface area contributed by atoms with Gasteiger partial charge < -0.3 is 15.3 Å². The van der Waals surface area contributed by atoms with Crippen molar-refractivity contribution in [2.75, 3.05) is 6.61 Å². The van der Waals surface area contributed by atoms with Gasteiger partial charge in [0.25, 0.3) is 0 Å². The number of carboxylic acids is 1. The molecule has 6 heteroatoms. The third-order valence-electron chi connectivity index (χ3n) is 5.76. The molecule has 2 aliphatic carbocycles. The quantitative estimate of drug-likeness (QED) is 0.277. The van der Waals surface area contributed by atoms with Gasteiger partial charge in [-0.05, 0) is 43.6 Å². The zero-order chi connectivity index (χ0) is 18.9. The smallest absolute Gasteiger partial charge is 0.305 e. The number of allylic oxidation sites excluding steroid dienone is 1. The fraction of sp³-hybridized carbons (Fsp3) is 0.850. The van der Waals surface area contributed by atoms with E-state index in [1.165, 1.54) is 31.3 Å². The molecule has 0 spiro atoms. The molecular weight excluding hydrogens is 334 g/mol. The van der Waals surface area contributed by atoms with Gasteiger partial charge in [0.2, 0.25) is 0 Å². The zero-order valence-electron chi connectivity index (χ0n) is 16.0. The van der Waals surface area contributed by atoms with Gasteiger partial charge in [-0.2, -0.15) is 0 Å². The van der Waals surface area contributed by atoms with E-state index in [4.69, 9.17) is 9.94 Å². The molecular formula is C20H35NO5. The van der Waals surface area contributed by atoms with Crippen LogP contribution in [-0.4, -0.2) is 40.1 Å². The number of aliphatic hydroxyl groups excluding tert-OH is 2. The van der Waals surface area contributed by atoms with Gasteiger partial charge in [0.05, 0.1) is 25.2 Å². The van der Waals surface area contributed by atoms with Crippen LogP contribution in [0.25, 0.3) is 0 Å². The molecule has 0 aliphatic heterocycles. The van der Waals surface area contributed by atoms with Gasteiger partial charge in [-0.3, -0.25) is 15.1 Å². The van der Waals surface area contributed by atoms with Gasteiger partial charge in [-0.1, -0.05) is 39.0 Å². The number of aliphatic carboxylic acids is 1. The molecule has 6 nitrogen and oxygen atoms in total. The number of nitrogens with one attached hydrogen (secondary N) is 1. The maximum atomic E-state index is 10.5. The minimum absolute atomic E-state index is 0.0272. The van der Waals surface area contributed by atoms with E-state index in [-0.39, 0.29) is 37.1 Å². The standard InChI is InChI=1S/C20H35NO5/c1-2-3-4-5-6-7-15(22)9-8-14-12-16-17(20(14)25)13-18(16)21-26-11-10-19(23)24/h14-15,17,20-22,25H,2-13H2,1H3,(H,23,24). The van der Waals surface area contributed by atoms with Crippen molar-refractivity contribution in [1.29, 1.82) is 0 Å². The molecule has 150 valence electrons. The Bertz CT molecular complexity index is 479. The molecule has 0 saturated heterocycles. The number of fused-ring (bicyclic) bond motifs is 1. The topological polar surface area (TPSA) is 99.0 Å². The summed E-state index contributed by atoms with van der Waals surface area (Å²) >= 11 is 0. The van der Waals surface area contributed by atoms with Gasteiger partial charge in [0, 0.05) is 11.6 Å². The second kappa shape index (κ2) is 10.9. The van der Waals surface area contributed by atoms with Crippen molar-refractivity contribution in [3.05, 3.63) is 11.3 Å². The van der Waals surface area contributed by atoms with E-state index in [1.807, 2.05) is 0 Å². The molecule has 0 amide bonds. The van der Waals surface area contributed by atoms with E-state index in [0.29, 0.717) is 0 Å². The third-order valence-corrected chi connectivity index (χ3v) is 5.76. The van der Waals surface area contributed by atoms with Crippen LogP contribution in [0, 0.1) is 11.8 Å². The molecule has 4 unspecified atom stereocenters. The van der Waals surface area contributed by atoms with Crippen LogP contribution in [0.3, 0.4) is 0 Å². The van der Waals surface area contributed by atoms with Crippen molar-refractivity contribution < 1.29 is 25.0 Å². The average Bonchev–Trinajstić information content (AvgIpc) is 2.83.